The van der Waals surface area contributed by atoms with E-state index >= 15 is 0 Å². The van der Waals surface area contributed by atoms with Gasteiger partial charge in [-0.1, -0.05) is 108 Å². The standard InChI is InChI=1S/C30H18O2S2/c31-27-25-11-5-6-12-26(25)28(32)30(34-24-16-14-20-8-2-4-10-22(20)18-24)29(27)33-23-15-13-19-7-1-3-9-21(19)17-23/h1-18H. The lowest BCUT2D eigenvalue weighted by Gasteiger charge is -2.20. The summed E-state index contributed by atoms with van der Waals surface area (Å²) in [5.74, 6) is -0.201. The molecule has 0 amide bonds. The highest BCUT2D eigenvalue weighted by atomic mass is 32.2. The van der Waals surface area contributed by atoms with E-state index in [1.165, 1.54) is 23.5 Å². The number of allylic oxidation sites excluding steroid dienone is 2. The highest BCUT2D eigenvalue weighted by molar-refractivity contribution is 8.08. The largest absolute Gasteiger partial charge is 0.288 e. The number of rotatable bonds is 4. The Labute approximate surface area is 205 Å². The van der Waals surface area contributed by atoms with Gasteiger partial charge in [0.1, 0.15) is 0 Å². The summed E-state index contributed by atoms with van der Waals surface area (Å²) in [6, 6.07) is 35.6. The van der Waals surface area contributed by atoms with Crippen molar-refractivity contribution in [3.05, 3.63) is 130 Å². The molecular formula is C30H18O2S2. The first-order chi connectivity index (χ1) is 16.7. The van der Waals surface area contributed by atoms with Crippen LogP contribution in [0.25, 0.3) is 21.5 Å². The fourth-order valence-electron chi connectivity index (χ4n) is 4.21. The molecule has 34 heavy (non-hydrogen) atoms. The lowest BCUT2D eigenvalue weighted by atomic mass is 9.94. The molecule has 4 heteroatoms. The van der Waals surface area contributed by atoms with Gasteiger partial charge in [0.05, 0.1) is 9.81 Å². The van der Waals surface area contributed by atoms with Crippen molar-refractivity contribution in [2.75, 3.05) is 0 Å². The summed E-state index contributed by atoms with van der Waals surface area (Å²) in [4.78, 5) is 30.0. The molecule has 5 aromatic carbocycles. The molecule has 0 saturated heterocycles. The first-order valence-electron chi connectivity index (χ1n) is 10.9. The highest BCUT2D eigenvalue weighted by Gasteiger charge is 2.33. The molecule has 0 aliphatic heterocycles. The van der Waals surface area contributed by atoms with Crippen LogP contribution in [-0.2, 0) is 0 Å². The van der Waals surface area contributed by atoms with E-state index in [-0.39, 0.29) is 11.6 Å². The molecule has 0 unspecified atom stereocenters. The molecule has 0 bridgehead atoms. The fraction of sp³-hybridized carbons (Fsp3) is 0. The lowest BCUT2D eigenvalue weighted by Crippen LogP contribution is -2.19. The zero-order valence-electron chi connectivity index (χ0n) is 18.0. The van der Waals surface area contributed by atoms with Gasteiger partial charge < -0.3 is 0 Å². The molecule has 0 spiro atoms. The van der Waals surface area contributed by atoms with E-state index in [9.17, 15) is 9.59 Å². The summed E-state index contributed by atoms with van der Waals surface area (Å²) in [5.41, 5.74) is 0.942. The summed E-state index contributed by atoms with van der Waals surface area (Å²) in [6.45, 7) is 0. The van der Waals surface area contributed by atoms with Gasteiger partial charge in [0.15, 0.2) is 0 Å². The van der Waals surface area contributed by atoms with E-state index in [0.717, 1.165) is 31.3 Å². The number of hydrogen-bond acceptors (Lipinski definition) is 4. The maximum Gasteiger partial charge on any atom is 0.201 e. The van der Waals surface area contributed by atoms with Gasteiger partial charge in [-0.25, -0.2) is 0 Å². The molecule has 162 valence electrons. The number of ketones is 2. The maximum absolute atomic E-state index is 13.6. The summed E-state index contributed by atoms with van der Waals surface area (Å²) in [7, 11) is 0. The first-order valence-corrected chi connectivity index (χ1v) is 12.6. The van der Waals surface area contributed by atoms with E-state index in [4.69, 9.17) is 0 Å². The minimum absolute atomic E-state index is 0.100. The summed E-state index contributed by atoms with van der Waals surface area (Å²) in [5, 5.41) is 4.49. The van der Waals surface area contributed by atoms with Crippen molar-refractivity contribution in [2.45, 2.75) is 9.79 Å². The van der Waals surface area contributed by atoms with Crippen LogP contribution in [0.4, 0.5) is 0 Å². The van der Waals surface area contributed by atoms with E-state index in [1.807, 2.05) is 48.5 Å². The molecule has 0 fully saturated rings. The van der Waals surface area contributed by atoms with Gasteiger partial charge in [-0.2, -0.15) is 0 Å². The van der Waals surface area contributed by atoms with Gasteiger partial charge >= 0.3 is 0 Å². The smallest absolute Gasteiger partial charge is 0.201 e. The van der Waals surface area contributed by atoms with Crippen LogP contribution in [0.3, 0.4) is 0 Å². The Morgan fingerprint density at radius 1 is 0.412 bits per heavy atom. The first kappa shape index (κ1) is 21.0. The maximum atomic E-state index is 13.6. The number of carbonyl (C=O) groups excluding carboxylic acids is 2. The summed E-state index contributed by atoms with van der Waals surface area (Å²) < 4.78 is 0. The Bertz CT molecular complexity index is 1530. The third-order valence-corrected chi connectivity index (χ3v) is 8.21. The van der Waals surface area contributed by atoms with Crippen molar-refractivity contribution < 1.29 is 9.59 Å². The van der Waals surface area contributed by atoms with Crippen molar-refractivity contribution in [3.8, 4) is 0 Å². The number of Topliss-reactive ketones (excluding diaryl/α,β-unsaturated/α-hetero) is 2. The molecular weight excluding hydrogens is 456 g/mol. The zero-order valence-corrected chi connectivity index (χ0v) is 19.7. The molecule has 0 heterocycles. The number of benzene rings is 5. The van der Waals surface area contributed by atoms with Gasteiger partial charge in [-0.15, -0.1) is 0 Å². The Morgan fingerprint density at radius 3 is 1.24 bits per heavy atom. The van der Waals surface area contributed by atoms with Crippen molar-refractivity contribution in [3.63, 3.8) is 0 Å². The van der Waals surface area contributed by atoms with Gasteiger partial charge in [0, 0.05) is 20.9 Å². The fourth-order valence-corrected chi connectivity index (χ4v) is 6.35. The molecule has 0 atom stereocenters. The molecule has 1 aliphatic rings. The van der Waals surface area contributed by atoms with Gasteiger partial charge in [0.2, 0.25) is 11.6 Å². The van der Waals surface area contributed by atoms with Crippen LogP contribution in [0.5, 0.6) is 0 Å². The number of hydrogen-bond donors (Lipinski definition) is 0. The molecule has 1 aliphatic carbocycles. The molecule has 2 nitrogen and oxygen atoms in total. The van der Waals surface area contributed by atoms with Gasteiger partial charge in [-0.05, 0) is 45.8 Å². The topological polar surface area (TPSA) is 34.1 Å². The molecule has 0 radical (unpaired) electrons. The number of thioether (sulfide) groups is 2. The van der Waals surface area contributed by atoms with E-state index < -0.39 is 0 Å². The average molecular weight is 475 g/mol. The molecule has 0 saturated carbocycles. The zero-order chi connectivity index (χ0) is 23.1. The Morgan fingerprint density at radius 2 is 0.794 bits per heavy atom. The van der Waals surface area contributed by atoms with E-state index in [2.05, 4.69) is 48.5 Å². The number of carbonyl (C=O) groups is 2. The Hall–Kier alpha value is -3.60. The van der Waals surface area contributed by atoms with Crippen LogP contribution in [0.2, 0.25) is 0 Å². The van der Waals surface area contributed by atoms with Crippen LogP contribution in [0.1, 0.15) is 20.7 Å². The molecule has 0 N–H and O–H groups in total. The minimum Gasteiger partial charge on any atom is -0.288 e. The van der Waals surface area contributed by atoms with E-state index in [0.29, 0.717) is 20.9 Å². The quantitative estimate of drug-likeness (QED) is 0.263. The predicted molar refractivity (Wildman–Crippen MR) is 142 cm³/mol. The average Bonchev–Trinajstić information content (AvgIpc) is 2.89. The van der Waals surface area contributed by atoms with Crippen molar-refractivity contribution >= 4 is 56.6 Å². The van der Waals surface area contributed by atoms with Crippen LogP contribution in [0.15, 0.2) is 129 Å². The minimum atomic E-state index is -0.100. The van der Waals surface area contributed by atoms with Crippen LogP contribution in [-0.4, -0.2) is 11.6 Å². The third-order valence-electron chi connectivity index (χ3n) is 5.92. The predicted octanol–water partition coefficient (Wildman–Crippen LogP) is 8.17. The molecule has 0 aromatic heterocycles. The van der Waals surface area contributed by atoms with Crippen molar-refractivity contribution in [1.82, 2.24) is 0 Å². The third kappa shape index (κ3) is 3.75. The van der Waals surface area contributed by atoms with E-state index in [1.54, 1.807) is 12.1 Å². The van der Waals surface area contributed by atoms with Gasteiger partial charge in [0.25, 0.3) is 0 Å². The SMILES string of the molecule is O=C1C(Sc2ccc3ccccc3c2)=C(Sc2ccc3ccccc3c2)C(=O)c2ccccc21. The Kier molecular flexibility index (Phi) is 5.33. The van der Waals surface area contributed by atoms with Crippen LogP contribution in [0, 0.1) is 0 Å². The second kappa shape index (κ2) is 8.64. The molecule has 5 aromatic rings. The summed E-state index contributed by atoms with van der Waals surface area (Å²) in [6.07, 6.45) is 0. The lowest BCUT2D eigenvalue weighted by molar-refractivity contribution is 0.0988. The number of fused-ring (bicyclic) bond motifs is 3. The van der Waals surface area contributed by atoms with Gasteiger partial charge in [-0.3, -0.25) is 9.59 Å². The van der Waals surface area contributed by atoms with Crippen LogP contribution >= 0.6 is 23.5 Å². The normalized spacial score (nSPS) is 13.5. The van der Waals surface area contributed by atoms with Crippen molar-refractivity contribution in [1.29, 1.82) is 0 Å². The molecule has 6 rings (SSSR count). The highest BCUT2D eigenvalue weighted by Crippen LogP contribution is 2.44. The van der Waals surface area contributed by atoms with Crippen LogP contribution < -0.4 is 0 Å². The summed E-state index contributed by atoms with van der Waals surface area (Å²) >= 11 is 2.75. The second-order valence-corrected chi connectivity index (χ2v) is 10.3. The van der Waals surface area contributed by atoms with Crippen molar-refractivity contribution in [2.24, 2.45) is 0 Å². The monoisotopic (exact) mass is 474 g/mol. The Balaban J connectivity index is 1.46. The second-order valence-electron chi connectivity index (χ2n) is 8.08.